The molecular formula is C16H18NO5P. The first-order valence-electron chi connectivity index (χ1n) is 7.12. The van der Waals surface area contributed by atoms with Gasteiger partial charge in [0.25, 0.3) is 0 Å². The quantitative estimate of drug-likeness (QED) is 0.718. The smallest absolute Gasteiger partial charge is 0.333 e. The van der Waals surface area contributed by atoms with Gasteiger partial charge in [-0.25, -0.2) is 0 Å². The van der Waals surface area contributed by atoms with Crippen LogP contribution in [0.4, 0.5) is 0 Å². The number of rotatable bonds is 8. The summed E-state index contributed by atoms with van der Waals surface area (Å²) in [6.45, 7) is 0. The highest BCUT2D eigenvalue weighted by atomic mass is 31.2. The predicted octanol–water partition coefficient (Wildman–Crippen LogP) is 3.39. The molecule has 1 heterocycles. The lowest BCUT2D eigenvalue weighted by Gasteiger charge is -2.21. The monoisotopic (exact) mass is 335 g/mol. The van der Waals surface area contributed by atoms with Crippen LogP contribution in [-0.4, -0.2) is 21.0 Å². The van der Waals surface area contributed by atoms with Gasteiger partial charge in [-0.1, -0.05) is 36.4 Å². The van der Waals surface area contributed by atoms with Crippen LogP contribution in [0.2, 0.25) is 0 Å². The van der Waals surface area contributed by atoms with Crippen molar-refractivity contribution in [3.8, 4) is 0 Å². The summed E-state index contributed by atoms with van der Waals surface area (Å²) in [5.74, 6) is -0.988. The Labute approximate surface area is 134 Å². The number of carbonyl (C=O) groups is 1. The van der Waals surface area contributed by atoms with Gasteiger partial charge in [0.2, 0.25) is 0 Å². The number of carboxylic acid groups (broad SMARTS) is 1. The molecule has 0 bridgehead atoms. The van der Waals surface area contributed by atoms with E-state index in [0.717, 1.165) is 0 Å². The first-order valence-corrected chi connectivity index (χ1v) is 8.88. The molecule has 2 rings (SSSR count). The third-order valence-corrected chi connectivity index (χ3v) is 4.54. The standard InChI is InChI=1S/C16H18NO5P/c18-16(19)9-8-15(14-7-4-10-17-11-14)22-23(20,21)12-13-5-2-1-3-6-13/h1-7,10-11,15H,8-9,12H2,(H,18,19)(H,20,21). The fourth-order valence-corrected chi connectivity index (χ4v) is 3.52. The molecule has 6 nitrogen and oxygen atoms in total. The summed E-state index contributed by atoms with van der Waals surface area (Å²) in [5, 5.41) is 8.84. The average molecular weight is 335 g/mol. The summed E-state index contributed by atoms with van der Waals surface area (Å²) in [4.78, 5) is 24.9. The normalized spacial score (nSPS) is 14.8. The van der Waals surface area contributed by atoms with Crippen LogP contribution in [0.25, 0.3) is 0 Å². The molecule has 0 aliphatic heterocycles. The Balaban J connectivity index is 2.12. The lowest BCUT2D eigenvalue weighted by molar-refractivity contribution is -0.137. The highest BCUT2D eigenvalue weighted by molar-refractivity contribution is 7.51. The van der Waals surface area contributed by atoms with E-state index in [0.29, 0.717) is 11.1 Å². The van der Waals surface area contributed by atoms with Crippen molar-refractivity contribution in [1.82, 2.24) is 4.98 Å². The zero-order chi connectivity index (χ0) is 16.7. The molecule has 122 valence electrons. The van der Waals surface area contributed by atoms with Crippen LogP contribution in [0.1, 0.15) is 30.1 Å². The van der Waals surface area contributed by atoms with Crippen molar-refractivity contribution in [3.63, 3.8) is 0 Å². The van der Waals surface area contributed by atoms with Gasteiger partial charge >= 0.3 is 13.6 Å². The molecule has 0 aliphatic rings. The summed E-state index contributed by atoms with van der Waals surface area (Å²) in [7, 11) is -3.92. The van der Waals surface area contributed by atoms with E-state index in [9.17, 15) is 14.3 Å². The zero-order valence-electron chi connectivity index (χ0n) is 12.4. The van der Waals surface area contributed by atoms with Crippen molar-refractivity contribution in [3.05, 3.63) is 66.0 Å². The Morgan fingerprint density at radius 2 is 1.96 bits per heavy atom. The number of hydrogen-bond acceptors (Lipinski definition) is 4. The molecule has 1 aromatic heterocycles. The maximum absolute atomic E-state index is 12.4. The zero-order valence-corrected chi connectivity index (χ0v) is 13.3. The van der Waals surface area contributed by atoms with Crippen molar-refractivity contribution in [2.75, 3.05) is 0 Å². The Kier molecular flexibility index (Phi) is 6.04. The van der Waals surface area contributed by atoms with E-state index in [2.05, 4.69) is 4.98 Å². The van der Waals surface area contributed by atoms with Crippen LogP contribution in [0.3, 0.4) is 0 Å². The largest absolute Gasteiger partial charge is 0.481 e. The van der Waals surface area contributed by atoms with Gasteiger partial charge in [0.05, 0.1) is 12.3 Å². The third kappa shape index (κ3) is 5.94. The summed E-state index contributed by atoms with van der Waals surface area (Å²) in [6, 6.07) is 12.2. The summed E-state index contributed by atoms with van der Waals surface area (Å²) in [5.41, 5.74) is 1.26. The fraction of sp³-hybridized carbons (Fsp3) is 0.250. The number of nitrogens with zero attached hydrogens (tertiary/aromatic N) is 1. The van der Waals surface area contributed by atoms with Crippen molar-refractivity contribution in [1.29, 1.82) is 0 Å². The van der Waals surface area contributed by atoms with Crippen LogP contribution in [-0.2, 0) is 20.0 Å². The number of pyridine rings is 1. The molecule has 2 N–H and O–H groups in total. The molecule has 7 heteroatoms. The van der Waals surface area contributed by atoms with E-state index in [4.69, 9.17) is 9.63 Å². The summed E-state index contributed by atoms with van der Waals surface area (Å²) in [6.07, 6.45) is 2.09. The van der Waals surface area contributed by atoms with E-state index in [1.807, 2.05) is 6.07 Å². The number of hydrogen-bond donors (Lipinski definition) is 2. The van der Waals surface area contributed by atoms with Crippen molar-refractivity contribution in [2.24, 2.45) is 0 Å². The van der Waals surface area contributed by atoms with Gasteiger partial charge in [-0.05, 0) is 23.6 Å². The average Bonchev–Trinajstić information content (AvgIpc) is 2.52. The van der Waals surface area contributed by atoms with Gasteiger partial charge in [0.15, 0.2) is 0 Å². The molecule has 0 radical (unpaired) electrons. The molecular weight excluding hydrogens is 317 g/mol. The van der Waals surface area contributed by atoms with E-state index in [1.54, 1.807) is 42.6 Å². The molecule has 2 atom stereocenters. The first-order chi connectivity index (χ1) is 11.0. The second-order valence-electron chi connectivity index (χ2n) is 5.09. The van der Waals surface area contributed by atoms with Gasteiger partial charge < -0.3 is 14.5 Å². The number of carboxylic acids is 1. The van der Waals surface area contributed by atoms with Gasteiger partial charge in [0.1, 0.15) is 0 Å². The topological polar surface area (TPSA) is 96.7 Å². The minimum absolute atomic E-state index is 0.0976. The Morgan fingerprint density at radius 3 is 2.57 bits per heavy atom. The highest BCUT2D eigenvalue weighted by Gasteiger charge is 2.27. The van der Waals surface area contributed by atoms with Gasteiger partial charge in [-0.15, -0.1) is 0 Å². The molecule has 1 aromatic carbocycles. The number of aromatic nitrogens is 1. The van der Waals surface area contributed by atoms with Crippen molar-refractivity contribution in [2.45, 2.75) is 25.1 Å². The van der Waals surface area contributed by atoms with Crippen LogP contribution in [0, 0.1) is 0 Å². The lowest BCUT2D eigenvalue weighted by atomic mass is 10.1. The maximum atomic E-state index is 12.4. The van der Waals surface area contributed by atoms with E-state index in [1.165, 1.54) is 6.20 Å². The second-order valence-corrected chi connectivity index (χ2v) is 6.90. The highest BCUT2D eigenvalue weighted by Crippen LogP contribution is 2.50. The molecule has 0 spiro atoms. The lowest BCUT2D eigenvalue weighted by Crippen LogP contribution is -2.07. The number of aliphatic carboxylic acids is 1. The minimum Gasteiger partial charge on any atom is -0.481 e. The van der Waals surface area contributed by atoms with Gasteiger partial charge in [-0.2, -0.15) is 0 Å². The van der Waals surface area contributed by atoms with Gasteiger partial charge in [0, 0.05) is 18.8 Å². The molecule has 0 aliphatic carbocycles. The molecule has 23 heavy (non-hydrogen) atoms. The third-order valence-electron chi connectivity index (χ3n) is 3.19. The van der Waals surface area contributed by atoms with Crippen LogP contribution in [0.15, 0.2) is 54.9 Å². The summed E-state index contributed by atoms with van der Waals surface area (Å²) >= 11 is 0. The molecule has 2 unspecified atom stereocenters. The SMILES string of the molecule is O=C(O)CCC(OP(=O)(O)Cc1ccccc1)c1cccnc1. The molecule has 2 aromatic rings. The fourth-order valence-electron chi connectivity index (χ4n) is 2.15. The van der Waals surface area contributed by atoms with E-state index >= 15 is 0 Å². The Hall–Kier alpha value is -2.01. The molecule has 0 saturated carbocycles. The van der Waals surface area contributed by atoms with Crippen molar-refractivity contribution >= 4 is 13.6 Å². The van der Waals surface area contributed by atoms with Crippen molar-refractivity contribution < 1.29 is 23.9 Å². The van der Waals surface area contributed by atoms with Crippen LogP contribution in [0.5, 0.6) is 0 Å². The van der Waals surface area contributed by atoms with Crippen LogP contribution >= 0.6 is 7.60 Å². The van der Waals surface area contributed by atoms with Crippen LogP contribution < -0.4 is 0 Å². The summed E-state index contributed by atoms with van der Waals surface area (Å²) < 4.78 is 17.8. The first kappa shape index (κ1) is 17.3. The second kappa shape index (κ2) is 8.02. The Bertz CT molecular complexity index is 677. The predicted molar refractivity (Wildman–Crippen MR) is 84.9 cm³/mol. The maximum Gasteiger partial charge on any atom is 0.333 e. The Morgan fingerprint density at radius 1 is 1.22 bits per heavy atom. The number of benzene rings is 1. The molecule has 0 amide bonds. The molecule has 0 fully saturated rings. The van der Waals surface area contributed by atoms with E-state index in [-0.39, 0.29) is 19.0 Å². The minimum atomic E-state index is -3.92. The van der Waals surface area contributed by atoms with E-state index < -0.39 is 19.7 Å². The van der Waals surface area contributed by atoms with Gasteiger partial charge in [-0.3, -0.25) is 14.3 Å². The molecule has 0 saturated heterocycles.